The molecule has 1 aliphatic heterocycles. The SMILES string of the molecule is CCc1ccc2c(c1)C(=O)c1ccccc1CO2. The van der Waals surface area contributed by atoms with Crippen LogP contribution in [0.15, 0.2) is 42.5 Å². The molecule has 0 aliphatic carbocycles. The first kappa shape index (κ1) is 11.0. The molecule has 90 valence electrons. The number of ether oxygens (including phenoxy) is 1. The van der Waals surface area contributed by atoms with Crippen LogP contribution in [0, 0.1) is 0 Å². The third-order valence-electron chi connectivity index (χ3n) is 3.34. The predicted octanol–water partition coefficient (Wildman–Crippen LogP) is 3.37. The normalized spacial score (nSPS) is 13.3. The molecule has 3 rings (SSSR count). The van der Waals surface area contributed by atoms with Gasteiger partial charge in [-0.3, -0.25) is 4.79 Å². The Morgan fingerprint density at radius 2 is 1.94 bits per heavy atom. The summed E-state index contributed by atoms with van der Waals surface area (Å²) in [7, 11) is 0. The van der Waals surface area contributed by atoms with E-state index in [4.69, 9.17) is 4.74 Å². The second-order valence-corrected chi connectivity index (χ2v) is 4.46. The highest BCUT2D eigenvalue weighted by Gasteiger charge is 2.21. The Hall–Kier alpha value is -2.09. The summed E-state index contributed by atoms with van der Waals surface area (Å²) in [6.45, 7) is 2.54. The van der Waals surface area contributed by atoms with Crippen molar-refractivity contribution in [3.8, 4) is 5.75 Å². The predicted molar refractivity (Wildman–Crippen MR) is 70.0 cm³/mol. The Morgan fingerprint density at radius 3 is 2.78 bits per heavy atom. The molecule has 0 atom stereocenters. The lowest BCUT2D eigenvalue weighted by molar-refractivity contribution is 0.103. The van der Waals surface area contributed by atoms with Crippen molar-refractivity contribution in [2.24, 2.45) is 0 Å². The molecule has 2 nitrogen and oxygen atoms in total. The number of aryl methyl sites for hydroxylation is 1. The lowest BCUT2D eigenvalue weighted by Gasteiger charge is -2.07. The molecule has 0 bridgehead atoms. The van der Waals surface area contributed by atoms with Crippen LogP contribution in [0.25, 0.3) is 0 Å². The number of carbonyl (C=O) groups is 1. The third kappa shape index (κ3) is 1.70. The summed E-state index contributed by atoms with van der Waals surface area (Å²) in [5.74, 6) is 0.752. The summed E-state index contributed by atoms with van der Waals surface area (Å²) in [6, 6.07) is 13.5. The molecular weight excluding hydrogens is 224 g/mol. The van der Waals surface area contributed by atoms with Crippen molar-refractivity contribution in [2.45, 2.75) is 20.0 Å². The summed E-state index contributed by atoms with van der Waals surface area (Å²) in [4.78, 5) is 12.5. The fourth-order valence-corrected chi connectivity index (χ4v) is 2.27. The van der Waals surface area contributed by atoms with Crippen LogP contribution in [-0.4, -0.2) is 5.78 Å². The van der Waals surface area contributed by atoms with E-state index in [1.54, 1.807) is 0 Å². The van der Waals surface area contributed by atoms with Gasteiger partial charge in [-0.1, -0.05) is 37.3 Å². The molecule has 0 spiro atoms. The Labute approximate surface area is 106 Å². The second-order valence-electron chi connectivity index (χ2n) is 4.46. The van der Waals surface area contributed by atoms with E-state index in [-0.39, 0.29) is 5.78 Å². The Kier molecular flexibility index (Phi) is 2.63. The van der Waals surface area contributed by atoms with Crippen LogP contribution < -0.4 is 4.74 Å². The van der Waals surface area contributed by atoms with Crippen molar-refractivity contribution in [1.29, 1.82) is 0 Å². The largest absolute Gasteiger partial charge is 0.488 e. The molecule has 0 fully saturated rings. The van der Waals surface area contributed by atoms with E-state index in [9.17, 15) is 4.79 Å². The van der Waals surface area contributed by atoms with Crippen LogP contribution in [-0.2, 0) is 13.0 Å². The first-order chi connectivity index (χ1) is 8.79. The molecule has 2 aromatic rings. The van der Waals surface area contributed by atoms with Gasteiger partial charge in [-0.05, 0) is 24.1 Å². The van der Waals surface area contributed by atoms with Crippen LogP contribution in [0.2, 0.25) is 0 Å². The molecule has 1 aliphatic rings. The monoisotopic (exact) mass is 238 g/mol. The minimum atomic E-state index is 0.0633. The highest BCUT2D eigenvalue weighted by atomic mass is 16.5. The first-order valence-corrected chi connectivity index (χ1v) is 6.18. The maximum atomic E-state index is 12.5. The summed E-state index contributed by atoms with van der Waals surface area (Å²) in [5.41, 5.74) is 3.55. The van der Waals surface area contributed by atoms with Crippen molar-refractivity contribution in [3.05, 3.63) is 64.7 Å². The van der Waals surface area contributed by atoms with Gasteiger partial charge in [0.1, 0.15) is 12.4 Å². The zero-order valence-corrected chi connectivity index (χ0v) is 10.3. The zero-order chi connectivity index (χ0) is 12.5. The van der Waals surface area contributed by atoms with Crippen LogP contribution in [0.1, 0.15) is 34.0 Å². The summed E-state index contributed by atoms with van der Waals surface area (Å²) >= 11 is 0. The molecule has 0 N–H and O–H groups in total. The van der Waals surface area contributed by atoms with Crippen molar-refractivity contribution in [3.63, 3.8) is 0 Å². The Balaban J connectivity index is 2.17. The van der Waals surface area contributed by atoms with Crippen LogP contribution in [0.4, 0.5) is 0 Å². The van der Waals surface area contributed by atoms with Crippen molar-refractivity contribution in [2.75, 3.05) is 0 Å². The molecule has 1 heterocycles. The molecule has 0 saturated carbocycles. The summed E-state index contributed by atoms with van der Waals surface area (Å²) < 4.78 is 5.72. The first-order valence-electron chi connectivity index (χ1n) is 6.18. The van der Waals surface area contributed by atoms with Gasteiger partial charge in [0.25, 0.3) is 0 Å². The number of ketones is 1. The van der Waals surface area contributed by atoms with Crippen molar-refractivity contribution >= 4 is 5.78 Å². The van der Waals surface area contributed by atoms with Gasteiger partial charge in [-0.15, -0.1) is 0 Å². The van der Waals surface area contributed by atoms with Gasteiger partial charge in [-0.25, -0.2) is 0 Å². The number of rotatable bonds is 1. The molecule has 0 amide bonds. The van der Waals surface area contributed by atoms with Gasteiger partial charge in [-0.2, -0.15) is 0 Å². The van der Waals surface area contributed by atoms with Gasteiger partial charge in [0.05, 0.1) is 5.56 Å². The quantitative estimate of drug-likeness (QED) is 0.761. The molecule has 0 aromatic heterocycles. The lowest BCUT2D eigenvalue weighted by atomic mass is 9.97. The zero-order valence-electron chi connectivity index (χ0n) is 10.3. The highest BCUT2D eigenvalue weighted by molar-refractivity contribution is 6.12. The molecule has 2 heteroatoms. The van der Waals surface area contributed by atoms with Gasteiger partial charge < -0.3 is 4.74 Å². The number of hydrogen-bond donors (Lipinski definition) is 0. The average molecular weight is 238 g/mol. The standard InChI is InChI=1S/C16H14O2/c1-2-11-7-8-15-14(9-11)16(17)13-6-4-3-5-12(13)10-18-15/h3-9H,2,10H2,1H3. The second kappa shape index (κ2) is 4.30. The topological polar surface area (TPSA) is 26.3 Å². The van der Waals surface area contributed by atoms with E-state index in [2.05, 4.69) is 6.92 Å². The average Bonchev–Trinajstić information content (AvgIpc) is 2.57. The minimum absolute atomic E-state index is 0.0633. The van der Waals surface area contributed by atoms with Crippen LogP contribution in [0.5, 0.6) is 5.75 Å². The van der Waals surface area contributed by atoms with E-state index < -0.39 is 0 Å². The number of benzene rings is 2. The number of hydrogen-bond acceptors (Lipinski definition) is 2. The molecule has 0 unspecified atom stereocenters. The van der Waals surface area contributed by atoms with Crippen LogP contribution >= 0.6 is 0 Å². The van der Waals surface area contributed by atoms with E-state index >= 15 is 0 Å². The number of fused-ring (bicyclic) bond motifs is 2. The van der Waals surface area contributed by atoms with Gasteiger partial charge >= 0.3 is 0 Å². The highest BCUT2D eigenvalue weighted by Crippen LogP contribution is 2.29. The molecule has 0 saturated heterocycles. The van der Waals surface area contributed by atoms with Gasteiger partial charge in [0.2, 0.25) is 0 Å². The number of carbonyl (C=O) groups excluding carboxylic acids is 1. The summed E-state index contributed by atoms with van der Waals surface area (Å²) in [6.07, 6.45) is 0.919. The van der Waals surface area contributed by atoms with Crippen LogP contribution in [0.3, 0.4) is 0 Å². The molecule has 0 radical (unpaired) electrons. The lowest BCUT2D eigenvalue weighted by Crippen LogP contribution is -2.03. The maximum absolute atomic E-state index is 12.5. The van der Waals surface area contributed by atoms with E-state index in [1.165, 1.54) is 0 Å². The van der Waals surface area contributed by atoms with Crippen molar-refractivity contribution < 1.29 is 9.53 Å². The van der Waals surface area contributed by atoms with E-state index in [0.717, 1.165) is 23.1 Å². The van der Waals surface area contributed by atoms with E-state index in [0.29, 0.717) is 17.9 Å². The fourth-order valence-electron chi connectivity index (χ4n) is 2.27. The smallest absolute Gasteiger partial charge is 0.197 e. The Bertz CT molecular complexity index is 614. The van der Waals surface area contributed by atoms with Gasteiger partial charge in [0, 0.05) is 11.1 Å². The van der Waals surface area contributed by atoms with E-state index in [1.807, 2.05) is 42.5 Å². The minimum Gasteiger partial charge on any atom is -0.488 e. The van der Waals surface area contributed by atoms with Crippen molar-refractivity contribution in [1.82, 2.24) is 0 Å². The molecule has 2 aromatic carbocycles. The Morgan fingerprint density at radius 1 is 1.11 bits per heavy atom. The maximum Gasteiger partial charge on any atom is 0.197 e. The molecular formula is C16H14O2. The molecule has 18 heavy (non-hydrogen) atoms. The van der Waals surface area contributed by atoms with Gasteiger partial charge in [0.15, 0.2) is 5.78 Å². The fraction of sp³-hybridized carbons (Fsp3) is 0.188. The summed E-state index contributed by atoms with van der Waals surface area (Å²) in [5, 5.41) is 0. The third-order valence-corrected chi connectivity index (χ3v) is 3.34.